The lowest BCUT2D eigenvalue weighted by Crippen LogP contribution is -1.98. The molecule has 10 heavy (non-hydrogen) atoms. The van der Waals surface area contributed by atoms with Gasteiger partial charge >= 0.3 is 0 Å². The molecule has 1 aromatic heterocycles. The first-order valence-electron chi connectivity index (χ1n) is 2.70. The summed E-state index contributed by atoms with van der Waals surface area (Å²) >= 11 is 0. The summed E-state index contributed by atoms with van der Waals surface area (Å²) in [5.74, 6) is 0.255. The van der Waals surface area contributed by atoms with E-state index in [1.807, 2.05) is 0 Å². The molecule has 0 aliphatic rings. The quantitative estimate of drug-likeness (QED) is 0.536. The summed E-state index contributed by atoms with van der Waals surface area (Å²) in [7, 11) is 0. The van der Waals surface area contributed by atoms with Gasteiger partial charge in [0.1, 0.15) is 5.82 Å². The number of nitrogens with two attached hydrogens (primary N) is 2. The van der Waals surface area contributed by atoms with Crippen LogP contribution in [0.1, 0.15) is 10.4 Å². The number of nitrogens with zero attached hydrogens (tertiary/aromatic N) is 1. The van der Waals surface area contributed by atoms with Crippen LogP contribution in [0.4, 0.5) is 11.5 Å². The smallest absolute Gasteiger partial charge is 0.151 e. The van der Waals surface area contributed by atoms with Crippen LogP contribution in [0.2, 0.25) is 0 Å². The van der Waals surface area contributed by atoms with Crippen LogP contribution in [-0.4, -0.2) is 11.3 Å². The molecule has 0 spiro atoms. The summed E-state index contributed by atoms with van der Waals surface area (Å²) in [6, 6.07) is 1.48. The van der Waals surface area contributed by atoms with Gasteiger partial charge < -0.3 is 11.5 Å². The van der Waals surface area contributed by atoms with Gasteiger partial charge in [-0.25, -0.2) is 4.98 Å². The van der Waals surface area contributed by atoms with Gasteiger partial charge in [0.15, 0.2) is 6.29 Å². The van der Waals surface area contributed by atoms with Crippen molar-refractivity contribution in [2.75, 3.05) is 11.5 Å². The number of aromatic nitrogens is 1. The Bertz CT molecular complexity index is 259. The molecule has 0 amide bonds. The monoisotopic (exact) mass is 137 g/mol. The molecule has 0 saturated carbocycles. The van der Waals surface area contributed by atoms with Gasteiger partial charge in [-0.2, -0.15) is 0 Å². The fraction of sp³-hybridized carbons (Fsp3) is 0. The van der Waals surface area contributed by atoms with Crippen molar-refractivity contribution in [2.45, 2.75) is 0 Å². The Morgan fingerprint density at radius 1 is 1.50 bits per heavy atom. The average Bonchev–Trinajstić information content (AvgIpc) is 1.95. The van der Waals surface area contributed by atoms with Gasteiger partial charge in [0.25, 0.3) is 0 Å². The van der Waals surface area contributed by atoms with Crippen LogP contribution in [0.5, 0.6) is 0 Å². The topological polar surface area (TPSA) is 82.0 Å². The van der Waals surface area contributed by atoms with E-state index in [2.05, 4.69) is 4.98 Å². The highest BCUT2D eigenvalue weighted by Crippen LogP contribution is 2.10. The zero-order chi connectivity index (χ0) is 7.56. The van der Waals surface area contributed by atoms with Crippen molar-refractivity contribution in [3.8, 4) is 0 Å². The number of hydrogen-bond donors (Lipinski definition) is 2. The van der Waals surface area contributed by atoms with Crippen molar-refractivity contribution in [3.05, 3.63) is 17.8 Å². The maximum absolute atomic E-state index is 10.1. The first kappa shape index (κ1) is 6.54. The third-order valence-electron chi connectivity index (χ3n) is 1.11. The number of rotatable bonds is 1. The third kappa shape index (κ3) is 1.05. The first-order chi connectivity index (χ1) is 4.74. The van der Waals surface area contributed by atoms with Crippen LogP contribution >= 0.6 is 0 Å². The molecular formula is C6H7N3O. The molecule has 52 valence electrons. The normalized spacial score (nSPS) is 9.20. The van der Waals surface area contributed by atoms with Crippen molar-refractivity contribution in [1.29, 1.82) is 0 Å². The minimum atomic E-state index is 0.255. The molecule has 0 aliphatic carbocycles. The molecule has 1 rings (SSSR count). The zero-order valence-electron chi connectivity index (χ0n) is 5.24. The Balaban J connectivity index is 3.16. The van der Waals surface area contributed by atoms with Gasteiger partial charge in [-0.15, -0.1) is 0 Å². The lowest BCUT2D eigenvalue weighted by atomic mass is 10.3. The minimum absolute atomic E-state index is 0.255. The average molecular weight is 137 g/mol. The number of aldehydes is 1. The molecule has 0 unspecified atom stereocenters. The number of carbonyl (C=O) groups is 1. The number of anilines is 2. The van der Waals surface area contributed by atoms with E-state index in [-0.39, 0.29) is 5.82 Å². The molecule has 1 heterocycles. The second-order valence-corrected chi connectivity index (χ2v) is 1.86. The van der Waals surface area contributed by atoms with Gasteiger partial charge in [-0.1, -0.05) is 0 Å². The molecule has 1 aromatic rings. The largest absolute Gasteiger partial charge is 0.396 e. The van der Waals surface area contributed by atoms with Gasteiger partial charge in [0.05, 0.1) is 5.69 Å². The summed E-state index contributed by atoms with van der Waals surface area (Å²) in [6.45, 7) is 0. The van der Waals surface area contributed by atoms with Gasteiger partial charge in [0.2, 0.25) is 0 Å². The molecule has 0 bridgehead atoms. The summed E-state index contributed by atoms with van der Waals surface area (Å²) in [4.78, 5) is 13.8. The minimum Gasteiger partial charge on any atom is -0.396 e. The highest BCUT2D eigenvalue weighted by atomic mass is 16.1. The van der Waals surface area contributed by atoms with E-state index in [9.17, 15) is 4.79 Å². The van der Waals surface area contributed by atoms with E-state index < -0.39 is 0 Å². The molecule has 4 nitrogen and oxygen atoms in total. The van der Waals surface area contributed by atoms with E-state index in [4.69, 9.17) is 11.5 Å². The molecule has 0 saturated heterocycles. The molecular weight excluding hydrogens is 130 g/mol. The van der Waals surface area contributed by atoms with E-state index in [0.717, 1.165) is 0 Å². The highest BCUT2D eigenvalue weighted by molar-refractivity contribution is 5.78. The predicted octanol–water partition coefficient (Wildman–Crippen LogP) is 0.0585. The number of hydrogen-bond acceptors (Lipinski definition) is 4. The summed E-state index contributed by atoms with van der Waals surface area (Å²) in [6.07, 6.45) is 2.04. The molecule has 0 aliphatic heterocycles. The second kappa shape index (κ2) is 2.34. The van der Waals surface area contributed by atoms with Crippen molar-refractivity contribution in [3.63, 3.8) is 0 Å². The van der Waals surface area contributed by atoms with Crippen LogP contribution in [0.25, 0.3) is 0 Å². The Kier molecular flexibility index (Phi) is 1.53. The third-order valence-corrected chi connectivity index (χ3v) is 1.11. The van der Waals surface area contributed by atoms with Crippen LogP contribution in [0.15, 0.2) is 12.3 Å². The predicted molar refractivity (Wildman–Crippen MR) is 38.4 cm³/mol. The summed E-state index contributed by atoms with van der Waals surface area (Å²) < 4.78 is 0. The fourth-order valence-corrected chi connectivity index (χ4v) is 0.574. The van der Waals surface area contributed by atoms with E-state index in [1.54, 1.807) is 0 Å². The maximum atomic E-state index is 10.1. The van der Waals surface area contributed by atoms with Crippen molar-refractivity contribution in [1.82, 2.24) is 4.98 Å². The molecule has 0 fully saturated rings. The molecule has 0 aromatic carbocycles. The van der Waals surface area contributed by atoms with Crippen molar-refractivity contribution >= 4 is 17.8 Å². The molecule has 0 atom stereocenters. The maximum Gasteiger partial charge on any atom is 0.151 e. The second-order valence-electron chi connectivity index (χ2n) is 1.86. The lowest BCUT2D eigenvalue weighted by molar-refractivity contribution is 0.112. The Morgan fingerprint density at radius 2 is 2.20 bits per heavy atom. The van der Waals surface area contributed by atoms with Crippen LogP contribution in [-0.2, 0) is 0 Å². The Hall–Kier alpha value is -1.58. The molecule has 0 radical (unpaired) electrons. The zero-order valence-corrected chi connectivity index (χ0v) is 5.24. The Morgan fingerprint density at radius 3 is 2.70 bits per heavy atom. The van der Waals surface area contributed by atoms with Crippen molar-refractivity contribution < 1.29 is 4.79 Å². The van der Waals surface area contributed by atoms with Gasteiger partial charge in [-0.05, 0) is 6.07 Å². The number of nitrogen functional groups attached to an aromatic ring is 2. The first-order valence-corrected chi connectivity index (χ1v) is 2.70. The summed E-state index contributed by atoms with van der Waals surface area (Å²) in [5, 5.41) is 0. The Labute approximate surface area is 57.9 Å². The standard InChI is InChI=1S/C6H7N3O/c7-5-1-4(3-10)2-9-6(5)8/h1-3H,7H2,(H2,8,9). The van der Waals surface area contributed by atoms with Gasteiger partial charge in [-0.3, -0.25) is 4.79 Å². The highest BCUT2D eigenvalue weighted by Gasteiger charge is 1.95. The fourth-order valence-electron chi connectivity index (χ4n) is 0.574. The van der Waals surface area contributed by atoms with E-state index in [0.29, 0.717) is 17.5 Å². The molecule has 4 heteroatoms. The SMILES string of the molecule is Nc1cc(C=O)cnc1N. The van der Waals surface area contributed by atoms with Crippen molar-refractivity contribution in [2.24, 2.45) is 0 Å². The van der Waals surface area contributed by atoms with Crippen LogP contribution < -0.4 is 11.5 Å². The van der Waals surface area contributed by atoms with Crippen LogP contribution in [0.3, 0.4) is 0 Å². The van der Waals surface area contributed by atoms with E-state index in [1.165, 1.54) is 12.3 Å². The molecule has 4 N–H and O–H groups in total. The number of carbonyl (C=O) groups excluding carboxylic acids is 1. The number of pyridine rings is 1. The van der Waals surface area contributed by atoms with Gasteiger partial charge in [0, 0.05) is 11.8 Å². The van der Waals surface area contributed by atoms with Crippen LogP contribution in [0, 0.1) is 0 Å². The lowest BCUT2D eigenvalue weighted by Gasteiger charge is -1.96. The van der Waals surface area contributed by atoms with E-state index >= 15 is 0 Å². The summed E-state index contributed by atoms with van der Waals surface area (Å²) in [5.41, 5.74) is 11.4.